The first-order valence-electron chi connectivity index (χ1n) is 6.41. The van der Waals surface area contributed by atoms with Gasteiger partial charge in [-0.2, -0.15) is 0 Å². The molecule has 0 atom stereocenters. The molecule has 0 radical (unpaired) electrons. The summed E-state index contributed by atoms with van der Waals surface area (Å²) in [6.07, 6.45) is 3.13. The molecule has 0 aromatic heterocycles. The van der Waals surface area contributed by atoms with Crippen LogP contribution in [0.2, 0.25) is 0 Å². The van der Waals surface area contributed by atoms with Gasteiger partial charge in [0.2, 0.25) is 10.0 Å². The van der Waals surface area contributed by atoms with Crippen LogP contribution in [0.15, 0.2) is 29.2 Å². The van der Waals surface area contributed by atoms with Crippen LogP contribution in [0.25, 0.3) is 0 Å². The molecule has 1 aromatic rings. The Kier molecular flexibility index (Phi) is 4.90. The molecule has 0 saturated heterocycles. The second-order valence-electron chi connectivity index (χ2n) is 4.72. The smallest absolute Gasteiger partial charge is 0.240 e. The van der Waals surface area contributed by atoms with Crippen LogP contribution in [0.5, 0.6) is 0 Å². The highest BCUT2D eigenvalue weighted by molar-refractivity contribution is 7.89. The molecule has 0 aliphatic heterocycles. The molecule has 2 rings (SSSR count). The zero-order valence-corrected chi connectivity index (χ0v) is 11.5. The van der Waals surface area contributed by atoms with E-state index >= 15 is 0 Å². The van der Waals surface area contributed by atoms with Crippen molar-refractivity contribution in [3.05, 3.63) is 30.1 Å². The highest BCUT2D eigenvalue weighted by Gasteiger charge is 2.20. The summed E-state index contributed by atoms with van der Waals surface area (Å²) < 4.78 is 44.2. The maximum Gasteiger partial charge on any atom is 0.240 e. The van der Waals surface area contributed by atoms with Gasteiger partial charge in [-0.05, 0) is 49.4 Å². The summed E-state index contributed by atoms with van der Waals surface area (Å²) >= 11 is 0. The molecule has 19 heavy (non-hydrogen) atoms. The molecular weight excluding hydrogens is 269 g/mol. The summed E-state index contributed by atoms with van der Waals surface area (Å²) in [7, 11) is -3.54. The fourth-order valence-corrected chi connectivity index (χ4v) is 2.69. The number of hydrogen-bond donors (Lipinski definition) is 1. The van der Waals surface area contributed by atoms with Crippen molar-refractivity contribution in [2.45, 2.75) is 24.2 Å². The molecule has 1 saturated carbocycles. The van der Waals surface area contributed by atoms with Gasteiger partial charge >= 0.3 is 0 Å². The summed E-state index contributed by atoms with van der Waals surface area (Å²) in [6.45, 7) is 1.66. The Bertz CT molecular complexity index is 497. The van der Waals surface area contributed by atoms with E-state index < -0.39 is 15.8 Å². The quantitative estimate of drug-likeness (QED) is 0.743. The van der Waals surface area contributed by atoms with E-state index in [9.17, 15) is 12.8 Å². The van der Waals surface area contributed by atoms with E-state index in [-0.39, 0.29) is 4.90 Å². The topological polar surface area (TPSA) is 55.4 Å². The zero-order chi connectivity index (χ0) is 13.7. The van der Waals surface area contributed by atoms with Crippen LogP contribution in [0.1, 0.15) is 19.3 Å². The average molecular weight is 287 g/mol. The molecule has 0 spiro atoms. The molecule has 0 bridgehead atoms. The van der Waals surface area contributed by atoms with Crippen molar-refractivity contribution in [2.24, 2.45) is 5.92 Å². The van der Waals surface area contributed by atoms with E-state index in [2.05, 4.69) is 4.72 Å². The van der Waals surface area contributed by atoms with Crippen molar-refractivity contribution in [3.63, 3.8) is 0 Å². The maximum atomic E-state index is 12.7. The lowest BCUT2D eigenvalue weighted by Gasteiger charge is -2.07. The van der Waals surface area contributed by atoms with Crippen molar-refractivity contribution in [1.82, 2.24) is 4.72 Å². The van der Waals surface area contributed by atoms with Gasteiger partial charge in [0.25, 0.3) is 0 Å². The highest BCUT2D eigenvalue weighted by atomic mass is 32.2. The third kappa shape index (κ3) is 4.89. The van der Waals surface area contributed by atoms with Gasteiger partial charge < -0.3 is 4.74 Å². The van der Waals surface area contributed by atoms with Crippen LogP contribution >= 0.6 is 0 Å². The molecule has 0 unspecified atom stereocenters. The number of nitrogens with one attached hydrogen (secondary N) is 1. The molecule has 0 heterocycles. The van der Waals surface area contributed by atoms with Crippen molar-refractivity contribution in [1.29, 1.82) is 0 Å². The van der Waals surface area contributed by atoms with E-state index in [0.717, 1.165) is 24.7 Å². The van der Waals surface area contributed by atoms with Gasteiger partial charge in [-0.3, -0.25) is 0 Å². The number of benzene rings is 1. The van der Waals surface area contributed by atoms with Gasteiger partial charge in [-0.15, -0.1) is 0 Å². The Morgan fingerprint density at radius 3 is 2.58 bits per heavy atom. The van der Waals surface area contributed by atoms with Gasteiger partial charge in [0.05, 0.1) is 4.90 Å². The molecule has 4 nitrogen and oxygen atoms in total. The Morgan fingerprint density at radius 2 is 1.95 bits per heavy atom. The standard InChI is InChI=1S/C13H18FNO3S/c14-12-4-6-13(7-5-12)19(16,17)15-8-1-9-18-10-11-2-3-11/h4-7,11,15H,1-3,8-10H2. The van der Waals surface area contributed by atoms with Gasteiger partial charge in [0.1, 0.15) is 5.82 Å². The van der Waals surface area contributed by atoms with Gasteiger partial charge in [-0.25, -0.2) is 17.5 Å². The third-order valence-corrected chi connectivity index (χ3v) is 4.41. The summed E-state index contributed by atoms with van der Waals surface area (Å²) in [5, 5.41) is 0. The lowest BCUT2D eigenvalue weighted by Crippen LogP contribution is -2.25. The number of rotatable bonds is 8. The largest absolute Gasteiger partial charge is 0.381 e. The third-order valence-electron chi connectivity index (χ3n) is 2.93. The first-order valence-corrected chi connectivity index (χ1v) is 7.89. The minimum absolute atomic E-state index is 0.0767. The average Bonchev–Trinajstić information content (AvgIpc) is 3.18. The minimum atomic E-state index is -3.54. The molecule has 6 heteroatoms. The molecule has 1 fully saturated rings. The summed E-state index contributed by atoms with van der Waals surface area (Å²) in [4.78, 5) is 0.0767. The van der Waals surface area contributed by atoms with Crippen molar-refractivity contribution in [3.8, 4) is 0 Å². The SMILES string of the molecule is O=S(=O)(NCCCOCC1CC1)c1ccc(F)cc1. The van der Waals surface area contributed by atoms with Crippen molar-refractivity contribution < 1.29 is 17.5 Å². The predicted molar refractivity (Wildman–Crippen MR) is 69.7 cm³/mol. The Labute approximate surface area is 113 Å². The number of hydrogen-bond acceptors (Lipinski definition) is 3. The van der Waals surface area contributed by atoms with Crippen LogP contribution in [-0.4, -0.2) is 28.2 Å². The van der Waals surface area contributed by atoms with Gasteiger partial charge in [0, 0.05) is 19.8 Å². The zero-order valence-electron chi connectivity index (χ0n) is 10.6. The number of sulfonamides is 1. The fourth-order valence-electron chi connectivity index (χ4n) is 1.61. The molecular formula is C13H18FNO3S. The first-order chi connectivity index (χ1) is 9.08. The normalized spacial score (nSPS) is 15.6. The van der Waals surface area contributed by atoms with E-state index in [4.69, 9.17) is 4.74 Å². The molecule has 1 aromatic carbocycles. The van der Waals surface area contributed by atoms with Crippen LogP contribution in [0.3, 0.4) is 0 Å². The molecule has 0 amide bonds. The Morgan fingerprint density at radius 1 is 1.26 bits per heavy atom. The van der Waals surface area contributed by atoms with Crippen LogP contribution in [0.4, 0.5) is 4.39 Å². The Hall–Kier alpha value is -0.980. The van der Waals surface area contributed by atoms with Crippen molar-refractivity contribution in [2.75, 3.05) is 19.8 Å². The van der Waals surface area contributed by atoms with Crippen molar-refractivity contribution >= 4 is 10.0 Å². The summed E-state index contributed by atoms with van der Waals surface area (Å²) in [6, 6.07) is 4.77. The van der Waals surface area contributed by atoms with Gasteiger partial charge in [0.15, 0.2) is 0 Å². The summed E-state index contributed by atoms with van der Waals surface area (Å²) in [5.41, 5.74) is 0. The van der Waals surface area contributed by atoms with Gasteiger partial charge in [-0.1, -0.05) is 0 Å². The minimum Gasteiger partial charge on any atom is -0.381 e. The predicted octanol–water partition coefficient (Wildman–Crippen LogP) is 1.92. The number of ether oxygens (including phenoxy) is 1. The van der Waals surface area contributed by atoms with Crippen LogP contribution < -0.4 is 4.72 Å². The summed E-state index contributed by atoms with van der Waals surface area (Å²) in [5.74, 6) is 0.267. The lowest BCUT2D eigenvalue weighted by atomic mass is 10.4. The fraction of sp³-hybridized carbons (Fsp3) is 0.538. The van der Waals surface area contributed by atoms with E-state index in [0.29, 0.717) is 19.6 Å². The molecule has 1 aliphatic rings. The number of halogens is 1. The lowest BCUT2D eigenvalue weighted by molar-refractivity contribution is 0.123. The van der Waals surface area contributed by atoms with E-state index in [1.165, 1.54) is 25.0 Å². The Balaban J connectivity index is 1.69. The second-order valence-corrected chi connectivity index (χ2v) is 6.49. The maximum absolute atomic E-state index is 12.7. The second kappa shape index (κ2) is 6.45. The monoisotopic (exact) mass is 287 g/mol. The van der Waals surface area contributed by atoms with E-state index in [1.807, 2.05) is 0 Å². The molecule has 1 aliphatic carbocycles. The molecule has 106 valence electrons. The van der Waals surface area contributed by atoms with Crippen LogP contribution in [0, 0.1) is 11.7 Å². The molecule has 1 N–H and O–H groups in total. The van der Waals surface area contributed by atoms with Crippen LogP contribution in [-0.2, 0) is 14.8 Å². The first kappa shape index (κ1) is 14.4. The highest BCUT2D eigenvalue weighted by Crippen LogP contribution is 2.28. The van der Waals surface area contributed by atoms with E-state index in [1.54, 1.807) is 0 Å².